The van der Waals surface area contributed by atoms with Crippen LogP contribution < -0.4 is 10.9 Å². The molecular weight excluding hydrogens is 281 g/mol. The third-order valence-electron chi connectivity index (χ3n) is 3.33. The van der Waals surface area contributed by atoms with E-state index >= 15 is 0 Å². The van der Waals surface area contributed by atoms with Gasteiger partial charge in [-0.2, -0.15) is 0 Å². The lowest BCUT2D eigenvalue weighted by molar-refractivity contribution is 0.627. The van der Waals surface area contributed by atoms with Crippen molar-refractivity contribution in [1.82, 2.24) is 9.97 Å². The molecule has 2 aromatic rings. The van der Waals surface area contributed by atoms with E-state index in [0.717, 1.165) is 24.9 Å². The molecule has 0 aliphatic carbocycles. The maximum atomic E-state index is 13.0. The standard InChI is InChI=1S/C14H13ClFN3O/c15-11-7-9(16)4-3-8(11)6-12-18-13-10(14(20)19-12)2-1-5-17-13/h3-4,7H,1-2,5-6H2,(H2,17,18,19,20). The zero-order chi connectivity index (χ0) is 14.1. The summed E-state index contributed by atoms with van der Waals surface area (Å²) in [7, 11) is 0. The van der Waals surface area contributed by atoms with Gasteiger partial charge >= 0.3 is 0 Å². The van der Waals surface area contributed by atoms with E-state index in [0.29, 0.717) is 28.6 Å². The highest BCUT2D eigenvalue weighted by molar-refractivity contribution is 6.31. The Morgan fingerprint density at radius 2 is 2.25 bits per heavy atom. The molecule has 0 atom stereocenters. The quantitative estimate of drug-likeness (QED) is 0.894. The Hall–Kier alpha value is -1.88. The summed E-state index contributed by atoms with van der Waals surface area (Å²) < 4.78 is 13.0. The molecule has 2 heterocycles. The first-order valence-electron chi connectivity index (χ1n) is 6.43. The molecule has 0 spiro atoms. The minimum absolute atomic E-state index is 0.115. The molecule has 0 fully saturated rings. The van der Waals surface area contributed by atoms with Crippen molar-refractivity contribution in [3.63, 3.8) is 0 Å². The Bertz CT molecular complexity index is 714. The van der Waals surface area contributed by atoms with E-state index in [1.54, 1.807) is 6.07 Å². The number of H-pyrrole nitrogens is 1. The minimum Gasteiger partial charge on any atom is -0.370 e. The van der Waals surface area contributed by atoms with Crippen LogP contribution in [0.25, 0.3) is 0 Å². The number of benzene rings is 1. The van der Waals surface area contributed by atoms with Crippen molar-refractivity contribution in [3.8, 4) is 0 Å². The molecule has 0 saturated heterocycles. The van der Waals surface area contributed by atoms with E-state index in [1.807, 2.05) is 0 Å². The van der Waals surface area contributed by atoms with E-state index in [-0.39, 0.29) is 11.4 Å². The van der Waals surface area contributed by atoms with Crippen molar-refractivity contribution in [1.29, 1.82) is 0 Å². The zero-order valence-corrected chi connectivity index (χ0v) is 11.4. The molecule has 4 nitrogen and oxygen atoms in total. The summed E-state index contributed by atoms with van der Waals surface area (Å²) in [6.07, 6.45) is 2.03. The van der Waals surface area contributed by atoms with Gasteiger partial charge in [0.1, 0.15) is 17.5 Å². The lowest BCUT2D eigenvalue weighted by atomic mass is 10.1. The molecule has 20 heavy (non-hydrogen) atoms. The second-order valence-corrected chi connectivity index (χ2v) is 5.19. The van der Waals surface area contributed by atoms with E-state index < -0.39 is 0 Å². The molecule has 0 saturated carbocycles. The highest BCUT2D eigenvalue weighted by atomic mass is 35.5. The first-order chi connectivity index (χ1) is 9.63. The predicted octanol–water partition coefficient (Wildman–Crippen LogP) is 2.51. The van der Waals surface area contributed by atoms with Crippen LogP contribution in [0.5, 0.6) is 0 Å². The largest absolute Gasteiger partial charge is 0.370 e. The van der Waals surface area contributed by atoms with Gasteiger partial charge in [0, 0.05) is 18.0 Å². The van der Waals surface area contributed by atoms with E-state index in [2.05, 4.69) is 15.3 Å². The fourth-order valence-corrected chi connectivity index (χ4v) is 2.56. The highest BCUT2D eigenvalue weighted by Gasteiger charge is 2.15. The lowest BCUT2D eigenvalue weighted by Crippen LogP contribution is -2.25. The van der Waals surface area contributed by atoms with Gasteiger partial charge < -0.3 is 10.3 Å². The second-order valence-electron chi connectivity index (χ2n) is 4.78. The van der Waals surface area contributed by atoms with Crippen LogP contribution in [0.2, 0.25) is 5.02 Å². The van der Waals surface area contributed by atoms with Crippen molar-refractivity contribution in [2.24, 2.45) is 0 Å². The monoisotopic (exact) mass is 293 g/mol. The van der Waals surface area contributed by atoms with Crippen LogP contribution in [0.15, 0.2) is 23.0 Å². The summed E-state index contributed by atoms with van der Waals surface area (Å²) in [5, 5.41) is 3.46. The number of rotatable bonds is 2. The molecule has 1 aliphatic rings. The van der Waals surface area contributed by atoms with Crippen molar-refractivity contribution < 1.29 is 4.39 Å². The van der Waals surface area contributed by atoms with Gasteiger partial charge in [-0.25, -0.2) is 9.37 Å². The van der Waals surface area contributed by atoms with E-state index in [1.165, 1.54) is 12.1 Å². The Labute approximate surface area is 120 Å². The number of hydrogen-bond donors (Lipinski definition) is 2. The van der Waals surface area contributed by atoms with Crippen LogP contribution in [-0.2, 0) is 12.8 Å². The molecule has 104 valence electrons. The van der Waals surface area contributed by atoms with Crippen LogP contribution in [0.1, 0.15) is 23.4 Å². The molecule has 0 radical (unpaired) electrons. The Balaban J connectivity index is 1.95. The molecule has 0 amide bonds. The van der Waals surface area contributed by atoms with Gasteiger partial charge in [-0.05, 0) is 30.5 Å². The number of aromatic amines is 1. The maximum absolute atomic E-state index is 13.0. The highest BCUT2D eigenvalue weighted by Crippen LogP contribution is 2.21. The summed E-state index contributed by atoms with van der Waals surface area (Å²) >= 11 is 5.99. The lowest BCUT2D eigenvalue weighted by Gasteiger charge is -2.16. The van der Waals surface area contributed by atoms with Gasteiger partial charge in [-0.15, -0.1) is 0 Å². The first-order valence-corrected chi connectivity index (χ1v) is 6.81. The van der Waals surface area contributed by atoms with Gasteiger partial charge in [0.25, 0.3) is 5.56 Å². The van der Waals surface area contributed by atoms with Crippen LogP contribution in [0, 0.1) is 5.82 Å². The summed E-state index contributed by atoms with van der Waals surface area (Å²) in [4.78, 5) is 19.2. The normalized spacial score (nSPS) is 13.7. The average molecular weight is 294 g/mol. The van der Waals surface area contributed by atoms with Gasteiger partial charge in [-0.1, -0.05) is 17.7 Å². The van der Waals surface area contributed by atoms with Crippen LogP contribution >= 0.6 is 11.6 Å². The fraction of sp³-hybridized carbons (Fsp3) is 0.286. The maximum Gasteiger partial charge on any atom is 0.256 e. The number of nitrogens with zero attached hydrogens (tertiary/aromatic N) is 1. The van der Waals surface area contributed by atoms with Crippen molar-refractivity contribution >= 4 is 17.4 Å². The number of anilines is 1. The summed E-state index contributed by atoms with van der Waals surface area (Å²) in [5.41, 5.74) is 1.31. The molecule has 0 bridgehead atoms. The topological polar surface area (TPSA) is 57.8 Å². The molecule has 1 aromatic heterocycles. The van der Waals surface area contributed by atoms with E-state index in [9.17, 15) is 9.18 Å². The zero-order valence-electron chi connectivity index (χ0n) is 10.7. The number of halogens is 2. The second kappa shape index (κ2) is 5.25. The van der Waals surface area contributed by atoms with Crippen molar-refractivity contribution in [2.75, 3.05) is 11.9 Å². The van der Waals surface area contributed by atoms with Crippen molar-refractivity contribution in [3.05, 3.63) is 56.3 Å². The number of fused-ring (bicyclic) bond motifs is 1. The SMILES string of the molecule is O=c1[nH]c(Cc2ccc(F)cc2Cl)nc2c1CCCN2. The Morgan fingerprint density at radius 1 is 1.40 bits per heavy atom. The predicted molar refractivity (Wildman–Crippen MR) is 75.9 cm³/mol. The summed E-state index contributed by atoms with van der Waals surface area (Å²) in [6.45, 7) is 0.820. The number of aromatic nitrogens is 2. The third kappa shape index (κ3) is 2.54. The molecule has 1 aliphatic heterocycles. The van der Waals surface area contributed by atoms with Gasteiger partial charge in [0.05, 0.1) is 5.56 Å². The molecule has 6 heteroatoms. The number of hydrogen-bond acceptors (Lipinski definition) is 3. The first kappa shape index (κ1) is 13.1. The van der Waals surface area contributed by atoms with Crippen LogP contribution in [-0.4, -0.2) is 16.5 Å². The molecule has 3 rings (SSSR count). The Kier molecular flexibility index (Phi) is 3.44. The van der Waals surface area contributed by atoms with E-state index in [4.69, 9.17) is 11.6 Å². The smallest absolute Gasteiger partial charge is 0.256 e. The molecule has 1 aromatic carbocycles. The Morgan fingerprint density at radius 3 is 3.05 bits per heavy atom. The third-order valence-corrected chi connectivity index (χ3v) is 3.69. The number of nitrogens with one attached hydrogen (secondary N) is 2. The minimum atomic E-state index is -0.382. The molecular formula is C14H13ClFN3O. The summed E-state index contributed by atoms with van der Waals surface area (Å²) in [6, 6.07) is 4.20. The average Bonchev–Trinajstić information content (AvgIpc) is 2.42. The fourth-order valence-electron chi connectivity index (χ4n) is 2.32. The summed E-state index contributed by atoms with van der Waals surface area (Å²) in [5.74, 6) is 0.789. The van der Waals surface area contributed by atoms with Crippen LogP contribution in [0.3, 0.4) is 0 Å². The van der Waals surface area contributed by atoms with Gasteiger partial charge in [-0.3, -0.25) is 4.79 Å². The van der Waals surface area contributed by atoms with Gasteiger partial charge in [0.15, 0.2) is 0 Å². The van der Waals surface area contributed by atoms with Crippen LogP contribution in [0.4, 0.5) is 10.2 Å². The van der Waals surface area contributed by atoms with Gasteiger partial charge in [0.2, 0.25) is 0 Å². The molecule has 0 unspecified atom stereocenters. The van der Waals surface area contributed by atoms with Crippen molar-refractivity contribution in [2.45, 2.75) is 19.3 Å². The molecule has 2 N–H and O–H groups in total.